The van der Waals surface area contributed by atoms with E-state index in [1.54, 1.807) is 0 Å². The number of nitrogens with two attached hydrogens (primary N) is 1. The Balaban J connectivity index is 0.00000182. The lowest BCUT2D eigenvalue weighted by atomic mass is 9.65. The molecular formula is C21H31ClN2O. The van der Waals surface area contributed by atoms with Crippen molar-refractivity contribution in [2.45, 2.75) is 69.9 Å². The van der Waals surface area contributed by atoms with Crippen molar-refractivity contribution in [1.29, 1.82) is 0 Å². The molecule has 3 unspecified atom stereocenters. The van der Waals surface area contributed by atoms with Crippen molar-refractivity contribution in [1.82, 2.24) is 5.32 Å². The highest BCUT2D eigenvalue weighted by Crippen LogP contribution is 2.45. The zero-order valence-electron chi connectivity index (χ0n) is 15.3. The molecule has 0 saturated heterocycles. The molecule has 4 heteroatoms. The van der Waals surface area contributed by atoms with Crippen LogP contribution in [0.5, 0.6) is 0 Å². The third kappa shape index (κ3) is 3.33. The zero-order valence-corrected chi connectivity index (χ0v) is 16.1. The van der Waals surface area contributed by atoms with Crippen LogP contribution in [0.15, 0.2) is 24.3 Å². The van der Waals surface area contributed by atoms with Gasteiger partial charge < -0.3 is 11.1 Å². The number of amides is 1. The molecule has 2 fully saturated rings. The van der Waals surface area contributed by atoms with Crippen LogP contribution in [0.1, 0.15) is 69.5 Å². The number of benzene rings is 1. The third-order valence-electron chi connectivity index (χ3n) is 6.88. The van der Waals surface area contributed by atoms with E-state index in [0.717, 1.165) is 19.3 Å². The minimum Gasteiger partial charge on any atom is -0.349 e. The summed E-state index contributed by atoms with van der Waals surface area (Å²) >= 11 is 0. The molecular weight excluding hydrogens is 332 g/mol. The Morgan fingerprint density at radius 3 is 2.48 bits per heavy atom. The fourth-order valence-electron chi connectivity index (χ4n) is 5.57. The molecule has 2 saturated carbocycles. The van der Waals surface area contributed by atoms with E-state index in [0.29, 0.717) is 17.9 Å². The van der Waals surface area contributed by atoms with E-state index in [-0.39, 0.29) is 35.7 Å². The summed E-state index contributed by atoms with van der Waals surface area (Å²) in [5, 5.41) is 3.38. The second-order valence-electron chi connectivity index (χ2n) is 8.93. The topological polar surface area (TPSA) is 55.1 Å². The Hall–Kier alpha value is -1.06. The summed E-state index contributed by atoms with van der Waals surface area (Å²) in [6, 6.07) is 9.08. The summed E-state index contributed by atoms with van der Waals surface area (Å²) in [6.07, 6.45) is 6.68. The van der Waals surface area contributed by atoms with Crippen LogP contribution in [-0.4, -0.2) is 11.9 Å². The molecule has 0 heterocycles. The van der Waals surface area contributed by atoms with Crippen molar-refractivity contribution >= 4 is 18.3 Å². The van der Waals surface area contributed by atoms with Crippen molar-refractivity contribution in [2.75, 3.05) is 0 Å². The van der Waals surface area contributed by atoms with E-state index in [1.807, 2.05) is 0 Å². The Bertz CT molecular complexity index is 631. The quantitative estimate of drug-likeness (QED) is 0.832. The van der Waals surface area contributed by atoms with Crippen LogP contribution in [0.25, 0.3) is 0 Å². The summed E-state index contributed by atoms with van der Waals surface area (Å²) in [5.41, 5.74) is 9.21. The first kappa shape index (κ1) is 18.7. The molecule has 3 atom stereocenters. The number of rotatable bonds is 2. The maximum absolute atomic E-state index is 13.0. The predicted molar refractivity (Wildman–Crippen MR) is 104 cm³/mol. The molecule has 0 radical (unpaired) electrons. The van der Waals surface area contributed by atoms with Crippen LogP contribution in [0.2, 0.25) is 0 Å². The molecule has 1 aromatic carbocycles. The highest BCUT2D eigenvalue weighted by Gasteiger charge is 2.42. The van der Waals surface area contributed by atoms with Crippen LogP contribution >= 0.6 is 12.4 Å². The summed E-state index contributed by atoms with van der Waals surface area (Å²) < 4.78 is 0. The maximum Gasteiger partial charge on any atom is 0.223 e. The lowest BCUT2D eigenvalue weighted by Crippen LogP contribution is -2.49. The number of carbonyl (C=O) groups excluding carboxylic acids is 1. The van der Waals surface area contributed by atoms with Crippen LogP contribution in [0.3, 0.4) is 0 Å². The Labute approximate surface area is 157 Å². The average Bonchev–Trinajstić information content (AvgIpc) is 2.78. The van der Waals surface area contributed by atoms with Gasteiger partial charge in [0.15, 0.2) is 0 Å². The summed E-state index contributed by atoms with van der Waals surface area (Å²) in [6.45, 7) is 4.56. The van der Waals surface area contributed by atoms with E-state index >= 15 is 0 Å². The standard InChI is InChI=1S/C21H30N2O.ClH/c1-21(2)12-18(16-8-3-4-9-17(16)21)23-20(24)15-10-13-6-5-7-14(11-15)19(13)22;/h3-4,8-9,13-15,18-19H,5-7,10-12,22H2,1-2H3,(H,23,24);1H. The molecule has 25 heavy (non-hydrogen) atoms. The van der Waals surface area contributed by atoms with Gasteiger partial charge in [-0.2, -0.15) is 0 Å². The number of nitrogens with one attached hydrogen (secondary N) is 1. The van der Waals surface area contributed by atoms with Gasteiger partial charge in [-0.15, -0.1) is 12.4 Å². The van der Waals surface area contributed by atoms with E-state index in [4.69, 9.17) is 5.73 Å². The largest absolute Gasteiger partial charge is 0.349 e. The zero-order chi connectivity index (χ0) is 16.9. The van der Waals surface area contributed by atoms with Crippen molar-refractivity contribution in [3.05, 3.63) is 35.4 Å². The summed E-state index contributed by atoms with van der Waals surface area (Å²) in [5.74, 6) is 1.54. The second-order valence-corrected chi connectivity index (χ2v) is 8.93. The third-order valence-corrected chi connectivity index (χ3v) is 6.88. The van der Waals surface area contributed by atoms with E-state index in [1.165, 1.54) is 30.4 Å². The molecule has 3 nitrogen and oxygen atoms in total. The number of halogens is 1. The summed E-state index contributed by atoms with van der Waals surface area (Å²) in [7, 11) is 0. The van der Waals surface area contributed by atoms with Crippen molar-refractivity contribution in [3.63, 3.8) is 0 Å². The van der Waals surface area contributed by atoms with Crippen LogP contribution in [-0.2, 0) is 10.2 Å². The van der Waals surface area contributed by atoms with Gasteiger partial charge in [0, 0.05) is 12.0 Å². The van der Waals surface area contributed by atoms with Crippen molar-refractivity contribution in [2.24, 2.45) is 23.5 Å². The Morgan fingerprint density at radius 2 is 1.80 bits per heavy atom. The van der Waals surface area contributed by atoms with E-state index in [9.17, 15) is 4.79 Å². The first-order valence-electron chi connectivity index (χ1n) is 9.61. The van der Waals surface area contributed by atoms with Gasteiger partial charge in [0.25, 0.3) is 0 Å². The lowest BCUT2D eigenvalue weighted by molar-refractivity contribution is -0.128. The number of hydrogen-bond donors (Lipinski definition) is 2. The predicted octanol–water partition coefficient (Wildman–Crippen LogP) is 4.10. The maximum atomic E-state index is 13.0. The average molecular weight is 363 g/mol. The van der Waals surface area contributed by atoms with E-state index in [2.05, 4.69) is 43.4 Å². The van der Waals surface area contributed by atoms with Crippen LogP contribution in [0, 0.1) is 17.8 Å². The molecule has 0 spiro atoms. The number of hydrogen-bond acceptors (Lipinski definition) is 2. The molecule has 138 valence electrons. The second kappa shape index (κ2) is 6.92. The van der Waals surface area contributed by atoms with Gasteiger partial charge in [-0.05, 0) is 60.5 Å². The van der Waals surface area contributed by atoms with Crippen LogP contribution < -0.4 is 11.1 Å². The van der Waals surface area contributed by atoms with Gasteiger partial charge in [0.1, 0.15) is 0 Å². The Morgan fingerprint density at radius 1 is 1.16 bits per heavy atom. The summed E-state index contributed by atoms with van der Waals surface area (Å²) in [4.78, 5) is 13.0. The molecule has 3 aliphatic rings. The smallest absolute Gasteiger partial charge is 0.223 e. The lowest BCUT2D eigenvalue weighted by Gasteiger charge is -2.43. The van der Waals surface area contributed by atoms with Gasteiger partial charge in [-0.25, -0.2) is 0 Å². The number of carbonyl (C=O) groups is 1. The minimum atomic E-state index is 0. The number of fused-ring (bicyclic) bond motifs is 3. The molecule has 3 aliphatic carbocycles. The molecule has 1 amide bonds. The van der Waals surface area contributed by atoms with Crippen molar-refractivity contribution in [3.8, 4) is 0 Å². The monoisotopic (exact) mass is 362 g/mol. The molecule has 0 aromatic heterocycles. The Kier molecular flexibility index (Phi) is 5.18. The fraction of sp³-hybridized carbons (Fsp3) is 0.667. The normalized spacial score (nSPS) is 35.4. The highest BCUT2D eigenvalue weighted by atomic mass is 35.5. The van der Waals surface area contributed by atoms with Gasteiger partial charge in [-0.3, -0.25) is 4.79 Å². The van der Waals surface area contributed by atoms with E-state index < -0.39 is 0 Å². The minimum absolute atomic E-state index is 0. The molecule has 1 aromatic rings. The van der Waals surface area contributed by atoms with Gasteiger partial charge in [0.2, 0.25) is 5.91 Å². The fourth-order valence-corrected chi connectivity index (χ4v) is 5.57. The first-order valence-corrected chi connectivity index (χ1v) is 9.61. The SMILES string of the molecule is CC1(C)CC(NC(=O)C2CC3CCCC(C2)C3N)c2ccccc21.Cl. The van der Waals surface area contributed by atoms with Gasteiger partial charge in [0.05, 0.1) is 6.04 Å². The molecule has 2 bridgehead atoms. The van der Waals surface area contributed by atoms with Gasteiger partial charge in [-0.1, -0.05) is 44.5 Å². The molecule has 3 N–H and O–H groups in total. The first-order chi connectivity index (χ1) is 11.5. The van der Waals surface area contributed by atoms with Crippen molar-refractivity contribution < 1.29 is 4.79 Å². The highest BCUT2D eigenvalue weighted by molar-refractivity contribution is 5.85. The molecule has 4 rings (SSSR count). The molecule has 0 aliphatic heterocycles. The van der Waals surface area contributed by atoms with Gasteiger partial charge >= 0.3 is 0 Å². The van der Waals surface area contributed by atoms with Crippen LogP contribution in [0.4, 0.5) is 0 Å².